The number of sulfonamides is 1. The highest BCUT2D eigenvalue weighted by atomic mass is 32.2. The van der Waals surface area contributed by atoms with Gasteiger partial charge in [0.05, 0.1) is 27.9 Å². The number of nitrogens with zero attached hydrogens (tertiary/aromatic N) is 1. The van der Waals surface area contributed by atoms with Gasteiger partial charge in [-0.2, -0.15) is 13.5 Å². The van der Waals surface area contributed by atoms with E-state index in [-0.39, 0.29) is 10.7 Å². The lowest BCUT2D eigenvalue weighted by Crippen LogP contribution is -2.14. The number of benzene rings is 2. The van der Waals surface area contributed by atoms with Crippen LogP contribution in [0, 0.1) is 0 Å². The standard InChI is InChI=1S/C21H24N4O7S/c1-5-32-15-8-6-13(7-9-15)25-33(27,28)19-12-16(23-24-19)21(26)22-14-10-17(29-2)20(31-4)18(11-14)30-3/h6-12,25H,5H2,1-4H3,(H,22,26)(H,23,24). The van der Waals surface area contributed by atoms with Crippen LogP contribution in [0.15, 0.2) is 47.5 Å². The molecule has 0 bridgehead atoms. The molecule has 3 rings (SSSR count). The van der Waals surface area contributed by atoms with E-state index in [9.17, 15) is 13.2 Å². The largest absolute Gasteiger partial charge is 0.494 e. The zero-order valence-electron chi connectivity index (χ0n) is 18.5. The first-order chi connectivity index (χ1) is 15.8. The summed E-state index contributed by atoms with van der Waals surface area (Å²) in [6.07, 6.45) is 0. The quantitative estimate of drug-likeness (QED) is 0.406. The summed E-state index contributed by atoms with van der Waals surface area (Å²) in [6.45, 7) is 2.35. The number of ether oxygens (including phenoxy) is 4. The van der Waals surface area contributed by atoms with Gasteiger partial charge in [0.15, 0.2) is 22.2 Å². The lowest BCUT2D eigenvalue weighted by molar-refractivity contribution is 0.102. The molecule has 11 nitrogen and oxygen atoms in total. The summed E-state index contributed by atoms with van der Waals surface area (Å²) in [5.74, 6) is 1.04. The molecule has 1 amide bonds. The number of carbonyl (C=O) groups excluding carboxylic acids is 1. The average Bonchev–Trinajstić information content (AvgIpc) is 3.31. The van der Waals surface area contributed by atoms with Crippen LogP contribution in [0.4, 0.5) is 11.4 Å². The normalized spacial score (nSPS) is 10.9. The van der Waals surface area contributed by atoms with Crippen molar-refractivity contribution in [1.29, 1.82) is 0 Å². The van der Waals surface area contributed by atoms with Crippen LogP contribution < -0.4 is 29.0 Å². The van der Waals surface area contributed by atoms with Crippen LogP contribution in [-0.2, 0) is 10.0 Å². The number of methoxy groups -OCH3 is 3. The smallest absolute Gasteiger partial charge is 0.278 e. The van der Waals surface area contributed by atoms with Crippen LogP contribution in [0.1, 0.15) is 17.4 Å². The number of anilines is 2. The van der Waals surface area contributed by atoms with Gasteiger partial charge in [0.1, 0.15) is 5.75 Å². The lowest BCUT2D eigenvalue weighted by Gasteiger charge is -2.14. The molecule has 0 atom stereocenters. The summed E-state index contributed by atoms with van der Waals surface area (Å²) >= 11 is 0. The Hall–Kier alpha value is -3.93. The second-order valence-corrected chi connectivity index (χ2v) is 8.20. The lowest BCUT2D eigenvalue weighted by atomic mass is 10.2. The Morgan fingerprint density at radius 2 is 1.61 bits per heavy atom. The Kier molecular flexibility index (Phi) is 7.28. The Labute approximate surface area is 191 Å². The van der Waals surface area contributed by atoms with E-state index in [1.165, 1.54) is 33.5 Å². The predicted octanol–water partition coefficient (Wildman–Crippen LogP) is 2.89. The molecule has 0 aliphatic heterocycles. The molecule has 0 spiro atoms. The van der Waals surface area contributed by atoms with E-state index in [1.54, 1.807) is 24.3 Å². The molecule has 2 aromatic carbocycles. The summed E-state index contributed by atoms with van der Waals surface area (Å²) in [5, 5.41) is 8.54. The molecule has 176 valence electrons. The number of H-pyrrole nitrogens is 1. The molecular weight excluding hydrogens is 452 g/mol. The topological polar surface area (TPSA) is 141 Å². The van der Waals surface area contributed by atoms with Gasteiger partial charge in [-0.3, -0.25) is 14.6 Å². The summed E-state index contributed by atoms with van der Waals surface area (Å²) in [6, 6.07) is 10.6. The molecule has 3 N–H and O–H groups in total. The highest BCUT2D eigenvalue weighted by Gasteiger charge is 2.21. The maximum atomic E-state index is 12.7. The van der Waals surface area contributed by atoms with Crippen molar-refractivity contribution < 1.29 is 32.2 Å². The van der Waals surface area contributed by atoms with Gasteiger partial charge in [-0.05, 0) is 31.2 Å². The highest BCUT2D eigenvalue weighted by molar-refractivity contribution is 7.92. The Bertz CT molecular complexity index is 1200. The molecule has 0 saturated carbocycles. The Morgan fingerprint density at radius 1 is 0.970 bits per heavy atom. The van der Waals surface area contributed by atoms with Crippen LogP contribution in [-0.4, -0.2) is 52.5 Å². The van der Waals surface area contributed by atoms with E-state index in [1.807, 2.05) is 6.92 Å². The average molecular weight is 477 g/mol. The number of hydrogen-bond donors (Lipinski definition) is 3. The van der Waals surface area contributed by atoms with Crippen molar-refractivity contribution in [3.05, 3.63) is 48.2 Å². The molecule has 1 heterocycles. The molecule has 0 aliphatic carbocycles. The van der Waals surface area contributed by atoms with Crippen molar-refractivity contribution in [2.24, 2.45) is 0 Å². The summed E-state index contributed by atoms with van der Waals surface area (Å²) in [4.78, 5) is 12.6. The van der Waals surface area contributed by atoms with Crippen molar-refractivity contribution in [1.82, 2.24) is 10.2 Å². The van der Waals surface area contributed by atoms with Crippen molar-refractivity contribution in [2.75, 3.05) is 38.0 Å². The molecule has 12 heteroatoms. The third-order valence-corrected chi connectivity index (χ3v) is 5.71. The van der Waals surface area contributed by atoms with Crippen LogP contribution in [0.25, 0.3) is 0 Å². The second-order valence-electron chi connectivity index (χ2n) is 6.55. The van der Waals surface area contributed by atoms with Gasteiger partial charge in [-0.1, -0.05) is 0 Å². The first-order valence-corrected chi connectivity index (χ1v) is 11.2. The van der Waals surface area contributed by atoms with Crippen molar-refractivity contribution >= 4 is 27.3 Å². The fourth-order valence-corrected chi connectivity index (χ4v) is 3.89. The van der Waals surface area contributed by atoms with Crippen LogP contribution in [0.3, 0.4) is 0 Å². The van der Waals surface area contributed by atoms with E-state index in [0.717, 1.165) is 6.07 Å². The monoisotopic (exact) mass is 476 g/mol. The zero-order chi connectivity index (χ0) is 24.0. The fourth-order valence-electron chi connectivity index (χ4n) is 2.90. The fraction of sp³-hybridized carbons (Fsp3) is 0.238. The van der Waals surface area contributed by atoms with Crippen molar-refractivity contribution in [2.45, 2.75) is 11.9 Å². The SMILES string of the molecule is CCOc1ccc(NS(=O)(=O)c2cc(C(=O)Nc3cc(OC)c(OC)c(OC)c3)n[nH]2)cc1. The second kappa shape index (κ2) is 10.1. The van der Waals surface area contributed by atoms with Crippen molar-refractivity contribution in [3.8, 4) is 23.0 Å². The molecule has 0 fully saturated rings. The minimum Gasteiger partial charge on any atom is -0.494 e. The molecule has 33 heavy (non-hydrogen) atoms. The third kappa shape index (κ3) is 5.47. The summed E-state index contributed by atoms with van der Waals surface area (Å²) in [7, 11) is 0.363. The zero-order valence-corrected chi connectivity index (χ0v) is 19.3. The summed E-state index contributed by atoms with van der Waals surface area (Å²) < 4.78 is 48.8. The molecule has 1 aromatic heterocycles. The van der Waals surface area contributed by atoms with Crippen molar-refractivity contribution in [3.63, 3.8) is 0 Å². The number of hydrogen-bond acceptors (Lipinski definition) is 8. The summed E-state index contributed by atoms with van der Waals surface area (Å²) in [5.41, 5.74) is 0.543. The van der Waals surface area contributed by atoms with Crippen LogP contribution in [0.2, 0.25) is 0 Å². The van der Waals surface area contributed by atoms with E-state index in [2.05, 4.69) is 20.2 Å². The first-order valence-electron chi connectivity index (χ1n) is 9.73. The van der Waals surface area contributed by atoms with E-state index < -0.39 is 15.9 Å². The number of aromatic amines is 1. The maximum absolute atomic E-state index is 12.7. The van der Waals surface area contributed by atoms with Gasteiger partial charge in [-0.15, -0.1) is 0 Å². The van der Waals surface area contributed by atoms with Crippen LogP contribution >= 0.6 is 0 Å². The van der Waals surface area contributed by atoms with Gasteiger partial charge in [-0.25, -0.2) is 0 Å². The highest BCUT2D eigenvalue weighted by Crippen LogP contribution is 2.40. The van der Waals surface area contributed by atoms with E-state index in [4.69, 9.17) is 18.9 Å². The Balaban J connectivity index is 1.76. The van der Waals surface area contributed by atoms with Gasteiger partial charge in [0.25, 0.3) is 15.9 Å². The number of amides is 1. The van der Waals surface area contributed by atoms with E-state index >= 15 is 0 Å². The van der Waals surface area contributed by atoms with Gasteiger partial charge < -0.3 is 24.3 Å². The number of nitrogens with one attached hydrogen (secondary N) is 3. The molecule has 3 aromatic rings. The molecule has 0 saturated heterocycles. The minimum absolute atomic E-state index is 0.129. The molecule has 0 aliphatic rings. The number of carbonyl (C=O) groups is 1. The maximum Gasteiger partial charge on any atom is 0.278 e. The van der Waals surface area contributed by atoms with E-state index in [0.29, 0.717) is 41.0 Å². The minimum atomic E-state index is -4.00. The molecular formula is C21H24N4O7S. The third-order valence-electron chi connectivity index (χ3n) is 4.42. The van der Waals surface area contributed by atoms with Gasteiger partial charge in [0.2, 0.25) is 5.75 Å². The predicted molar refractivity (Wildman–Crippen MR) is 121 cm³/mol. The number of rotatable bonds is 10. The van der Waals surface area contributed by atoms with Gasteiger partial charge in [0, 0.05) is 29.6 Å². The molecule has 0 radical (unpaired) electrons. The molecule has 0 unspecified atom stereocenters. The van der Waals surface area contributed by atoms with Gasteiger partial charge >= 0.3 is 0 Å². The first kappa shape index (κ1) is 23.7. The Morgan fingerprint density at radius 3 is 2.15 bits per heavy atom. The number of aromatic nitrogens is 2. The van der Waals surface area contributed by atoms with Crippen LogP contribution in [0.5, 0.6) is 23.0 Å².